The van der Waals surface area contributed by atoms with E-state index in [4.69, 9.17) is 5.26 Å². The van der Waals surface area contributed by atoms with E-state index in [2.05, 4.69) is 10.8 Å². The van der Waals surface area contributed by atoms with Gasteiger partial charge in [-0.2, -0.15) is 13.7 Å². The smallest absolute Gasteiger partial charge is 0.255 e. The third-order valence-corrected chi connectivity index (χ3v) is 1.12. The predicted octanol–water partition coefficient (Wildman–Crippen LogP) is -0.000120. The molecule has 0 N–H and O–H groups in total. The maximum absolute atomic E-state index is 10.1. The second kappa shape index (κ2) is 3.22. The summed E-state index contributed by atoms with van der Waals surface area (Å²) in [5.41, 5.74) is 0. The lowest BCUT2D eigenvalue weighted by atomic mass is 10.7. The third kappa shape index (κ3) is 3.70. The van der Waals surface area contributed by atoms with Crippen molar-refractivity contribution in [2.24, 2.45) is 0 Å². The normalized spacial score (nSPS) is 10.1. The van der Waals surface area contributed by atoms with Gasteiger partial charge in [-0.05, 0) is 0 Å². The Bertz CT molecular complexity index is 223. The van der Waals surface area contributed by atoms with Crippen molar-refractivity contribution in [2.45, 2.75) is 0 Å². The molecule has 0 aromatic carbocycles. The molecule has 0 aromatic rings. The summed E-state index contributed by atoms with van der Waals surface area (Å²) in [6.07, 6.45) is 1.24. The first kappa shape index (κ1) is 8.14. The van der Waals surface area contributed by atoms with Gasteiger partial charge in [0.25, 0.3) is 0 Å². The molecule has 9 heavy (non-hydrogen) atoms. The molecule has 0 aromatic heterocycles. The number of thiocyanates is 1. The predicted molar refractivity (Wildman–Crippen MR) is 30.7 cm³/mol. The standard InChI is InChI=1S/C4H5NO3S/c1-2-3-8-9(6,7)4-5/h2H,1,3H2. The Kier molecular flexibility index (Phi) is 2.91. The molecule has 0 rings (SSSR count). The molecule has 0 heterocycles. The summed E-state index contributed by atoms with van der Waals surface area (Å²) in [6, 6.07) is 0. The van der Waals surface area contributed by atoms with Crippen LogP contribution in [0.3, 0.4) is 0 Å². The van der Waals surface area contributed by atoms with Crippen LogP contribution in [-0.4, -0.2) is 15.0 Å². The fraction of sp³-hybridized carbons (Fsp3) is 0.250. The number of hydrogen-bond donors (Lipinski definition) is 0. The van der Waals surface area contributed by atoms with Gasteiger partial charge >= 0.3 is 10.1 Å². The first-order valence-electron chi connectivity index (χ1n) is 2.03. The summed E-state index contributed by atoms with van der Waals surface area (Å²) in [7, 11) is -3.95. The van der Waals surface area contributed by atoms with Gasteiger partial charge in [-0.25, -0.2) is 0 Å². The molecule has 4 nitrogen and oxygen atoms in total. The van der Waals surface area contributed by atoms with E-state index >= 15 is 0 Å². The van der Waals surface area contributed by atoms with Crippen LogP contribution in [0.1, 0.15) is 0 Å². The van der Waals surface area contributed by atoms with Gasteiger partial charge in [-0.1, -0.05) is 6.08 Å². The molecule has 5 heteroatoms. The summed E-state index contributed by atoms with van der Waals surface area (Å²) in [5.74, 6) is 0. The van der Waals surface area contributed by atoms with Gasteiger partial charge in [-0.3, -0.25) is 4.18 Å². The first-order valence-corrected chi connectivity index (χ1v) is 3.44. The second-order valence-electron chi connectivity index (χ2n) is 1.12. The molecule has 0 saturated heterocycles. The maximum atomic E-state index is 10.1. The van der Waals surface area contributed by atoms with Gasteiger partial charge in [0.2, 0.25) is 5.40 Å². The summed E-state index contributed by atoms with van der Waals surface area (Å²) in [5, 5.41) is 8.80. The molecule has 0 atom stereocenters. The van der Waals surface area contributed by atoms with Crippen LogP contribution in [0, 0.1) is 10.7 Å². The Labute approximate surface area is 53.5 Å². The SMILES string of the molecule is C=CCOS(=O)(=O)C#N. The van der Waals surface area contributed by atoms with Crippen molar-refractivity contribution in [3.05, 3.63) is 12.7 Å². The minimum atomic E-state index is -3.95. The van der Waals surface area contributed by atoms with Crippen LogP contribution in [0.4, 0.5) is 0 Å². The highest BCUT2D eigenvalue weighted by molar-refractivity contribution is 7.91. The molecule has 50 valence electrons. The average Bonchev–Trinajstić information content (AvgIpc) is 1.84. The Morgan fingerprint density at radius 3 is 2.67 bits per heavy atom. The lowest BCUT2D eigenvalue weighted by Gasteiger charge is -1.89. The largest absolute Gasteiger partial charge is 0.363 e. The molecular formula is C4H5NO3S. The van der Waals surface area contributed by atoms with Crippen molar-refractivity contribution in [3.63, 3.8) is 0 Å². The van der Waals surface area contributed by atoms with E-state index in [-0.39, 0.29) is 6.61 Å². The van der Waals surface area contributed by atoms with Crippen molar-refractivity contribution in [1.82, 2.24) is 0 Å². The lowest BCUT2D eigenvalue weighted by molar-refractivity contribution is 0.365. The summed E-state index contributed by atoms with van der Waals surface area (Å²) < 4.78 is 24.3. The van der Waals surface area contributed by atoms with Gasteiger partial charge in [0, 0.05) is 0 Å². The fourth-order valence-electron chi connectivity index (χ4n) is 0.164. The molecule has 0 amide bonds. The number of nitriles is 1. The molecule has 0 aliphatic rings. The van der Waals surface area contributed by atoms with Crippen molar-refractivity contribution in [3.8, 4) is 5.40 Å². The molecule has 0 aliphatic heterocycles. The molecule has 0 aliphatic carbocycles. The Morgan fingerprint density at radius 1 is 1.78 bits per heavy atom. The van der Waals surface area contributed by atoms with Crippen molar-refractivity contribution in [2.75, 3.05) is 6.61 Å². The monoisotopic (exact) mass is 147 g/mol. The molecule has 0 saturated carbocycles. The van der Waals surface area contributed by atoms with Crippen LogP contribution < -0.4 is 0 Å². The molecule has 0 spiro atoms. The van der Waals surface area contributed by atoms with E-state index < -0.39 is 10.1 Å². The fourth-order valence-corrected chi connectivity index (χ4v) is 0.492. The highest BCUT2D eigenvalue weighted by Gasteiger charge is 2.04. The first-order chi connectivity index (χ1) is 4.12. The maximum Gasteiger partial charge on any atom is 0.363 e. The molecule has 0 radical (unpaired) electrons. The van der Waals surface area contributed by atoms with Crippen molar-refractivity contribution >= 4 is 10.1 Å². The summed E-state index contributed by atoms with van der Waals surface area (Å²) in [4.78, 5) is 0. The van der Waals surface area contributed by atoms with Crippen LogP contribution in [-0.2, 0) is 14.3 Å². The van der Waals surface area contributed by atoms with Gasteiger partial charge < -0.3 is 0 Å². The number of nitrogens with zero attached hydrogens (tertiary/aromatic N) is 1. The Morgan fingerprint density at radius 2 is 2.33 bits per heavy atom. The quantitative estimate of drug-likeness (QED) is 0.244. The van der Waals surface area contributed by atoms with Crippen LogP contribution in [0.5, 0.6) is 0 Å². The Hall–Kier alpha value is -0.860. The minimum Gasteiger partial charge on any atom is -0.255 e. The zero-order valence-electron chi connectivity index (χ0n) is 4.57. The van der Waals surface area contributed by atoms with E-state index in [1.54, 1.807) is 0 Å². The zero-order valence-corrected chi connectivity index (χ0v) is 5.39. The zero-order chi connectivity index (χ0) is 7.33. The van der Waals surface area contributed by atoms with Crippen LogP contribution >= 0.6 is 0 Å². The average molecular weight is 147 g/mol. The van der Waals surface area contributed by atoms with Gasteiger partial charge in [0.05, 0.1) is 6.61 Å². The van der Waals surface area contributed by atoms with Gasteiger partial charge in [0.1, 0.15) is 0 Å². The summed E-state index contributed by atoms with van der Waals surface area (Å²) in [6.45, 7) is 3.04. The lowest BCUT2D eigenvalue weighted by Crippen LogP contribution is -2.00. The number of rotatable bonds is 3. The molecule has 0 unspecified atom stereocenters. The van der Waals surface area contributed by atoms with E-state index in [0.29, 0.717) is 0 Å². The topological polar surface area (TPSA) is 67.2 Å². The van der Waals surface area contributed by atoms with Crippen molar-refractivity contribution in [1.29, 1.82) is 5.26 Å². The van der Waals surface area contributed by atoms with E-state index in [1.807, 2.05) is 0 Å². The van der Waals surface area contributed by atoms with E-state index in [9.17, 15) is 8.42 Å². The highest BCUT2D eigenvalue weighted by Crippen LogP contribution is 1.87. The number of hydrogen-bond acceptors (Lipinski definition) is 4. The van der Waals surface area contributed by atoms with Gasteiger partial charge in [-0.15, -0.1) is 6.58 Å². The van der Waals surface area contributed by atoms with Crippen LogP contribution in [0.15, 0.2) is 12.7 Å². The highest BCUT2D eigenvalue weighted by atomic mass is 32.2. The molecular weight excluding hydrogens is 142 g/mol. The minimum absolute atomic E-state index is 0.157. The van der Waals surface area contributed by atoms with Gasteiger partial charge in [0.15, 0.2) is 0 Å². The Balaban J connectivity index is 3.94. The van der Waals surface area contributed by atoms with Crippen LogP contribution in [0.2, 0.25) is 0 Å². The summed E-state index contributed by atoms with van der Waals surface area (Å²) >= 11 is 0. The second-order valence-corrected chi connectivity index (χ2v) is 2.45. The van der Waals surface area contributed by atoms with E-state index in [0.717, 1.165) is 5.40 Å². The molecule has 0 bridgehead atoms. The molecule has 0 fully saturated rings. The van der Waals surface area contributed by atoms with E-state index in [1.165, 1.54) is 6.08 Å². The third-order valence-electron chi connectivity index (χ3n) is 0.453. The van der Waals surface area contributed by atoms with Crippen LogP contribution in [0.25, 0.3) is 0 Å². The van der Waals surface area contributed by atoms with Crippen molar-refractivity contribution < 1.29 is 12.6 Å².